The van der Waals surface area contributed by atoms with E-state index in [9.17, 15) is 0 Å². The molecule has 4 nitrogen and oxygen atoms in total. The van der Waals surface area contributed by atoms with Crippen molar-refractivity contribution in [2.45, 2.75) is 45.7 Å². The van der Waals surface area contributed by atoms with Crippen LogP contribution in [0.5, 0.6) is 0 Å². The van der Waals surface area contributed by atoms with E-state index in [0.717, 1.165) is 29.6 Å². The standard InChI is InChI=1S/C15H22N4/c1-5-6-7-12(4)18-14-8-13-9-17-19(11(2)3)15(13)16-10-14/h5,8-12,18H,1,6-7H2,2-4H3. The summed E-state index contributed by atoms with van der Waals surface area (Å²) in [4.78, 5) is 4.51. The van der Waals surface area contributed by atoms with E-state index in [-0.39, 0.29) is 0 Å². The molecule has 0 radical (unpaired) electrons. The molecule has 1 atom stereocenters. The Morgan fingerprint density at radius 1 is 1.37 bits per heavy atom. The van der Waals surface area contributed by atoms with Crippen LogP contribution >= 0.6 is 0 Å². The minimum atomic E-state index is 0.329. The van der Waals surface area contributed by atoms with Crippen LogP contribution < -0.4 is 5.32 Å². The van der Waals surface area contributed by atoms with Crippen LogP contribution in [0.25, 0.3) is 11.0 Å². The zero-order valence-corrected chi connectivity index (χ0v) is 11.9. The van der Waals surface area contributed by atoms with E-state index in [1.54, 1.807) is 0 Å². The maximum Gasteiger partial charge on any atom is 0.158 e. The smallest absolute Gasteiger partial charge is 0.158 e. The van der Waals surface area contributed by atoms with Crippen LogP contribution in [0.3, 0.4) is 0 Å². The number of pyridine rings is 1. The fourth-order valence-corrected chi connectivity index (χ4v) is 2.12. The molecule has 1 unspecified atom stereocenters. The third-order valence-electron chi connectivity index (χ3n) is 3.14. The molecule has 1 N–H and O–H groups in total. The number of fused-ring (bicyclic) bond motifs is 1. The van der Waals surface area contributed by atoms with Crippen molar-refractivity contribution < 1.29 is 0 Å². The molecule has 2 aromatic heterocycles. The van der Waals surface area contributed by atoms with Crippen molar-refractivity contribution in [2.24, 2.45) is 0 Å². The minimum absolute atomic E-state index is 0.329. The van der Waals surface area contributed by atoms with Crippen molar-refractivity contribution in [2.75, 3.05) is 5.32 Å². The largest absolute Gasteiger partial charge is 0.381 e. The van der Waals surface area contributed by atoms with Crippen LogP contribution in [0.15, 0.2) is 31.1 Å². The van der Waals surface area contributed by atoms with Crippen LogP contribution in [0.1, 0.15) is 39.7 Å². The van der Waals surface area contributed by atoms with Gasteiger partial charge >= 0.3 is 0 Å². The number of rotatable bonds is 6. The van der Waals surface area contributed by atoms with Crippen molar-refractivity contribution >= 4 is 16.7 Å². The van der Waals surface area contributed by atoms with Gasteiger partial charge in [0.1, 0.15) is 0 Å². The molecule has 0 aliphatic carbocycles. The summed E-state index contributed by atoms with van der Waals surface area (Å²) in [6.45, 7) is 10.1. The molecule has 0 bridgehead atoms. The fourth-order valence-electron chi connectivity index (χ4n) is 2.12. The van der Waals surface area contributed by atoms with Crippen molar-refractivity contribution in [3.63, 3.8) is 0 Å². The molecule has 0 aromatic carbocycles. The van der Waals surface area contributed by atoms with E-state index in [1.807, 2.05) is 23.2 Å². The van der Waals surface area contributed by atoms with Gasteiger partial charge in [0.15, 0.2) is 5.65 Å². The first-order valence-corrected chi connectivity index (χ1v) is 6.82. The number of allylic oxidation sites excluding steroid dienone is 1. The van der Waals surface area contributed by atoms with Crippen molar-refractivity contribution in [3.8, 4) is 0 Å². The predicted octanol–water partition coefficient (Wildman–Crippen LogP) is 3.78. The van der Waals surface area contributed by atoms with Gasteiger partial charge in [-0.15, -0.1) is 6.58 Å². The van der Waals surface area contributed by atoms with Crippen molar-refractivity contribution in [1.82, 2.24) is 14.8 Å². The first kappa shape index (κ1) is 13.6. The topological polar surface area (TPSA) is 42.7 Å². The quantitative estimate of drug-likeness (QED) is 0.802. The second-order valence-electron chi connectivity index (χ2n) is 5.23. The summed E-state index contributed by atoms with van der Waals surface area (Å²) >= 11 is 0. The maximum atomic E-state index is 4.51. The van der Waals surface area contributed by atoms with Crippen LogP contribution in [-0.4, -0.2) is 20.8 Å². The molecule has 102 valence electrons. The lowest BCUT2D eigenvalue weighted by Gasteiger charge is -2.14. The number of nitrogens with one attached hydrogen (secondary N) is 1. The van der Waals surface area contributed by atoms with Crippen LogP contribution in [0.2, 0.25) is 0 Å². The lowest BCUT2D eigenvalue weighted by atomic mass is 10.2. The fraction of sp³-hybridized carbons (Fsp3) is 0.467. The molecule has 19 heavy (non-hydrogen) atoms. The van der Waals surface area contributed by atoms with Gasteiger partial charge in [-0.25, -0.2) is 9.67 Å². The molecule has 0 saturated heterocycles. The van der Waals surface area contributed by atoms with Gasteiger partial charge < -0.3 is 5.32 Å². The lowest BCUT2D eigenvalue weighted by Crippen LogP contribution is -2.14. The third-order valence-corrected chi connectivity index (χ3v) is 3.14. The minimum Gasteiger partial charge on any atom is -0.381 e. The van der Waals surface area contributed by atoms with E-state index in [2.05, 4.69) is 48.8 Å². The summed E-state index contributed by atoms with van der Waals surface area (Å²) < 4.78 is 1.94. The molecule has 0 spiro atoms. The average molecular weight is 258 g/mol. The Morgan fingerprint density at radius 2 is 2.16 bits per heavy atom. The predicted molar refractivity (Wildman–Crippen MR) is 80.4 cm³/mol. The Balaban J connectivity index is 2.16. The van der Waals surface area contributed by atoms with Gasteiger partial charge in [-0.3, -0.25) is 0 Å². The highest BCUT2D eigenvalue weighted by molar-refractivity contribution is 5.78. The van der Waals surface area contributed by atoms with E-state index >= 15 is 0 Å². The van der Waals surface area contributed by atoms with Gasteiger partial charge in [-0.05, 0) is 39.7 Å². The first-order valence-electron chi connectivity index (χ1n) is 6.82. The summed E-state index contributed by atoms with van der Waals surface area (Å²) in [6, 6.07) is 2.85. The van der Waals surface area contributed by atoms with E-state index in [4.69, 9.17) is 0 Å². The summed E-state index contributed by atoms with van der Waals surface area (Å²) in [5, 5.41) is 8.92. The van der Waals surface area contributed by atoms with Crippen LogP contribution in [0.4, 0.5) is 5.69 Å². The normalized spacial score (nSPS) is 12.8. The molecule has 0 amide bonds. The number of nitrogens with zero attached hydrogens (tertiary/aromatic N) is 3. The lowest BCUT2D eigenvalue weighted by molar-refractivity contribution is 0.546. The van der Waals surface area contributed by atoms with Gasteiger partial charge in [-0.1, -0.05) is 6.08 Å². The van der Waals surface area contributed by atoms with E-state index < -0.39 is 0 Å². The zero-order chi connectivity index (χ0) is 13.8. The number of aromatic nitrogens is 3. The Morgan fingerprint density at radius 3 is 2.84 bits per heavy atom. The molecule has 2 heterocycles. The molecule has 0 saturated carbocycles. The Labute approximate surface area is 114 Å². The highest BCUT2D eigenvalue weighted by Crippen LogP contribution is 2.19. The number of hydrogen-bond acceptors (Lipinski definition) is 3. The zero-order valence-electron chi connectivity index (χ0n) is 11.9. The molecule has 2 rings (SSSR count). The van der Waals surface area contributed by atoms with Crippen LogP contribution in [-0.2, 0) is 0 Å². The van der Waals surface area contributed by atoms with Gasteiger partial charge in [0.05, 0.1) is 18.1 Å². The van der Waals surface area contributed by atoms with E-state index in [1.165, 1.54) is 0 Å². The summed E-state index contributed by atoms with van der Waals surface area (Å²) in [6.07, 6.45) is 7.81. The van der Waals surface area contributed by atoms with Gasteiger partial charge in [0.2, 0.25) is 0 Å². The van der Waals surface area contributed by atoms with Gasteiger partial charge in [0, 0.05) is 17.5 Å². The molecule has 2 aromatic rings. The number of anilines is 1. The summed E-state index contributed by atoms with van der Waals surface area (Å²) in [5.74, 6) is 0. The molecule has 0 fully saturated rings. The van der Waals surface area contributed by atoms with Gasteiger partial charge in [-0.2, -0.15) is 5.10 Å². The summed E-state index contributed by atoms with van der Waals surface area (Å²) in [5.41, 5.74) is 1.99. The van der Waals surface area contributed by atoms with Gasteiger partial charge in [0.25, 0.3) is 0 Å². The summed E-state index contributed by atoms with van der Waals surface area (Å²) in [7, 11) is 0. The molecular weight excluding hydrogens is 236 g/mol. The molecule has 0 aliphatic rings. The highest BCUT2D eigenvalue weighted by Gasteiger charge is 2.08. The average Bonchev–Trinajstić information content (AvgIpc) is 2.79. The monoisotopic (exact) mass is 258 g/mol. The Bertz CT molecular complexity index is 556. The Hall–Kier alpha value is -1.84. The second kappa shape index (κ2) is 5.87. The maximum absolute atomic E-state index is 4.51. The van der Waals surface area contributed by atoms with Crippen LogP contribution in [0, 0.1) is 0 Å². The third kappa shape index (κ3) is 3.13. The molecule has 4 heteroatoms. The van der Waals surface area contributed by atoms with Crippen molar-refractivity contribution in [1.29, 1.82) is 0 Å². The second-order valence-corrected chi connectivity index (χ2v) is 5.23. The van der Waals surface area contributed by atoms with Crippen molar-refractivity contribution in [3.05, 3.63) is 31.1 Å². The molecule has 0 aliphatic heterocycles. The number of hydrogen-bond donors (Lipinski definition) is 1. The Kier molecular flexibility index (Phi) is 4.20. The SMILES string of the molecule is C=CCCC(C)Nc1cnc2c(cnn2C(C)C)c1. The highest BCUT2D eigenvalue weighted by atomic mass is 15.3. The first-order chi connectivity index (χ1) is 9.11. The van der Waals surface area contributed by atoms with E-state index in [0.29, 0.717) is 12.1 Å². The molecular formula is C15H22N4.